The van der Waals surface area contributed by atoms with Crippen molar-refractivity contribution in [2.75, 3.05) is 39.0 Å². The Balaban J connectivity index is 3.19. The summed E-state index contributed by atoms with van der Waals surface area (Å²) in [5, 5.41) is 9.79. The summed E-state index contributed by atoms with van der Waals surface area (Å²) in [6.45, 7) is 6.17. The molecular weight excluding hydrogens is 170 g/mol. The number of likely N-dealkylation sites (N-methyl/N-ethyl adjacent to an activating group) is 2. The summed E-state index contributed by atoms with van der Waals surface area (Å²) < 4.78 is 0. The molecule has 0 radical (unpaired) electrons. The van der Waals surface area contributed by atoms with Crippen LogP contribution < -0.4 is 16.0 Å². The fourth-order valence-electron chi connectivity index (χ4n) is 0.980. The first-order chi connectivity index (χ1) is 5.85. The smallest absolute Gasteiger partial charge is 0.0280 e. The highest BCUT2D eigenvalue weighted by Crippen LogP contribution is 1.84. The highest BCUT2D eigenvalue weighted by atomic mass is 32.1. The summed E-state index contributed by atoms with van der Waals surface area (Å²) in [5.41, 5.74) is 0. The molecule has 0 rings (SSSR count). The van der Waals surface area contributed by atoms with Crippen LogP contribution in [0, 0.1) is 0 Å². The summed E-state index contributed by atoms with van der Waals surface area (Å²) >= 11 is 4.26. The van der Waals surface area contributed by atoms with Gasteiger partial charge in [0.2, 0.25) is 0 Å². The van der Waals surface area contributed by atoms with Crippen LogP contribution in [0.4, 0.5) is 0 Å². The van der Waals surface area contributed by atoms with Crippen LogP contribution in [0.2, 0.25) is 0 Å². The molecule has 0 saturated heterocycles. The van der Waals surface area contributed by atoms with Gasteiger partial charge >= 0.3 is 0 Å². The van der Waals surface area contributed by atoms with E-state index in [1.165, 1.54) is 0 Å². The molecule has 0 fully saturated rings. The Kier molecular flexibility index (Phi) is 9.50. The molecule has 3 nitrogen and oxygen atoms in total. The van der Waals surface area contributed by atoms with Gasteiger partial charge in [-0.25, -0.2) is 0 Å². The predicted molar refractivity (Wildman–Crippen MR) is 58.1 cm³/mol. The molecule has 1 atom stereocenters. The van der Waals surface area contributed by atoms with Crippen molar-refractivity contribution < 1.29 is 0 Å². The first-order valence-electron chi connectivity index (χ1n) is 4.54. The van der Waals surface area contributed by atoms with E-state index in [1.807, 2.05) is 7.05 Å². The van der Waals surface area contributed by atoms with E-state index in [2.05, 4.69) is 35.5 Å². The van der Waals surface area contributed by atoms with Gasteiger partial charge in [0, 0.05) is 31.4 Å². The first-order valence-corrected chi connectivity index (χ1v) is 5.18. The minimum atomic E-state index is 0.496. The molecule has 0 aliphatic rings. The van der Waals surface area contributed by atoms with Crippen molar-refractivity contribution in [1.29, 1.82) is 0 Å². The molecule has 0 aromatic carbocycles. The Morgan fingerprint density at radius 2 is 2.08 bits per heavy atom. The molecule has 0 aliphatic heterocycles. The van der Waals surface area contributed by atoms with Crippen molar-refractivity contribution in [2.24, 2.45) is 0 Å². The maximum atomic E-state index is 4.26. The Bertz CT molecular complexity index is 90.4. The Morgan fingerprint density at radius 3 is 2.58 bits per heavy atom. The van der Waals surface area contributed by atoms with E-state index >= 15 is 0 Å². The van der Waals surface area contributed by atoms with E-state index in [1.54, 1.807) is 0 Å². The number of thiol groups is 1. The van der Waals surface area contributed by atoms with Crippen LogP contribution >= 0.6 is 12.6 Å². The second-order valence-corrected chi connectivity index (χ2v) is 3.11. The second kappa shape index (κ2) is 9.32. The van der Waals surface area contributed by atoms with Gasteiger partial charge < -0.3 is 16.0 Å². The van der Waals surface area contributed by atoms with E-state index in [0.29, 0.717) is 6.04 Å². The molecule has 0 saturated carbocycles. The number of nitrogens with one attached hydrogen (secondary N) is 3. The van der Waals surface area contributed by atoms with Gasteiger partial charge in [0.15, 0.2) is 0 Å². The lowest BCUT2D eigenvalue weighted by molar-refractivity contribution is 0.518. The van der Waals surface area contributed by atoms with Gasteiger partial charge in [0.25, 0.3) is 0 Å². The van der Waals surface area contributed by atoms with E-state index in [4.69, 9.17) is 0 Å². The van der Waals surface area contributed by atoms with Gasteiger partial charge in [0.1, 0.15) is 0 Å². The van der Waals surface area contributed by atoms with Crippen LogP contribution in [0.3, 0.4) is 0 Å². The zero-order valence-electron chi connectivity index (χ0n) is 8.06. The minimum absolute atomic E-state index is 0.496. The maximum absolute atomic E-state index is 4.26. The summed E-state index contributed by atoms with van der Waals surface area (Å²) in [5.74, 6) is 0.889. The highest BCUT2D eigenvalue weighted by Gasteiger charge is 2.02. The van der Waals surface area contributed by atoms with E-state index in [0.717, 1.165) is 31.9 Å². The van der Waals surface area contributed by atoms with Gasteiger partial charge in [-0.3, -0.25) is 0 Å². The van der Waals surface area contributed by atoms with E-state index in [-0.39, 0.29) is 0 Å². The molecule has 0 aromatic rings. The van der Waals surface area contributed by atoms with E-state index < -0.39 is 0 Å². The SMILES string of the molecule is CCN[C@H](CS)CNCCNC. The van der Waals surface area contributed by atoms with Gasteiger partial charge in [-0.2, -0.15) is 12.6 Å². The fraction of sp³-hybridized carbons (Fsp3) is 1.00. The average Bonchev–Trinajstić information content (AvgIpc) is 2.10. The predicted octanol–water partition coefficient (Wildman–Crippen LogP) is -0.297. The van der Waals surface area contributed by atoms with Crippen molar-refractivity contribution >= 4 is 12.6 Å². The third-order valence-electron chi connectivity index (χ3n) is 1.66. The first kappa shape index (κ1) is 12.2. The Hall–Kier alpha value is 0.230. The molecule has 0 unspecified atom stereocenters. The summed E-state index contributed by atoms with van der Waals surface area (Å²) in [4.78, 5) is 0. The Labute approximate surface area is 81.1 Å². The van der Waals surface area contributed by atoms with Crippen molar-refractivity contribution in [1.82, 2.24) is 16.0 Å². The van der Waals surface area contributed by atoms with Gasteiger partial charge in [-0.1, -0.05) is 6.92 Å². The van der Waals surface area contributed by atoms with Crippen molar-refractivity contribution in [3.8, 4) is 0 Å². The quantitative estimate of drug-likeness (QED) is 0.314. The monoisotopic (exact) mass is 191 g/mol. The van der Waals surface area contributed by atoms with Crippen molar-refractivity contribution in [3.05, 3.63) is 0 Å². The van der Waals surface area contributed by atoms with Crippen molar-refractivity contribution in [2.45, 2.75) is 13.0 Å². The highest BCUT2D eigenvalue weighted by molar-refractivity contribution is 7.80. The summed E-state index contributed by atoms with van der Waals surface area (Å²) in [7, 11) is 1.96. The van der Waals surface area contributed by atoms with Crippen LogP contribution in [0.1, 0.15) is 6.92 Å². The van der Waals surface area contributed by atoms with Crippen LogP contribution in [0.15, 0.2) is 0 Å². The third-order valence-corrected chi connectivity index (χ3v) is 2.10. The van der Waals surface area contributed by atoms with Gasteiger partial charge in [-0.05, 0) is 13.6 Å². The Morgan fingerprint density at radius 1 is 1.33 bits per heavy atom. The molecule has 0 spiro atoms. The molecule has 3 N–H and O–H groups in total. The van der Waals surface area contributed by atoms with Crippen LogP contribution in [0.5, 0.6) is 0 Å². The molecule has 0 bridgehead atoms. The van der Waals surface area contributed by atoms with Crippen LogP contribution in [-0.4, -0.2) is 45.0 Å². The maximum Gasteiger partial charge on any atom is 0.0280 e. The number of rotatable bonds is 8. The standard InChI is InChI=1S/C8H21N3S/c1-3-11-8(7-12)6-10-5-4-9-2/h8-12H,3-7H2,1-2H3/t8-/m0/s1. The summed E-state index contributed by atoms with van der Waals surface area (Å²) in [6, 6.07) is 0.496. The molecule has 74 valence electrons. The molecular formula is C8H21N3S. The number of hydrogen-bond acceptors (Lipinski definition) is 4. The zero-order valence-corrected chi connectivity index (χ0v) is 8.95. The molecule has 0 aliphatic carbocycles. The van der Waals surface area contributed by atoms with Crippen LogP contribution in [0.25, 0.3) is 0 Å². The lowest BCUT2D eigenvalue weighted by Gasteiger charge is -2.15. The number of hydrogen-bond donors (Lipinski definition) is 4. The molecule has 0 amide bonds. The molecule has 4 heteroatoms. The van der Waals surface area contributed by atoms with E-state index in [9.17, 15) is 0 Å². The van der Waals surface area contributed by atoms with Gasteiger partial charge in [0.05, 0.1) is 0 Å². The largest absolute Gasteiger partial charge is 0.318 e. The lowest BCUT2D eigenvalue weighted by Crippen LogP contribution is -2.41. The normalized spacial score (nSPS) is 13.2. The van der Waals surface area contributed by atoms with Crippen molar-refractivity contribution in [3.63, 3.8) is 0 Å². The topological polar surface area (TPSA) is 36.1 Å². The minimum Gasteiger partial charge on any atom is -0.318 e. The van der Waals surface area contributed by atoms with Gasteiger partial charge in [-0.15, -0.1) is 0 Å². The third kappa shape index (κ3) is 6.91. The van der Waals surface area contributed by atoms with Crippen LogP contribution in [-0.2, 0) is 0 Å². The zero-order chi connectivity index (χ0) is 9.23. The second-order valence-electron chi connectivity index (χ2n) is 2.74. The molecule has 0 aromatic heterocycles. The molecule has 0 heterocycles. The fourth-order valence-corrected chi connectivity index (χ4v) is 1.24. The lowest BCUT2D eigenvalue weighted by atomic mass is 10.3. The summed E-state index contributed by atoms with van der Waals surface area (Å²) in [6.07, 6.45) is 0. The average molecular weight is 191 g/mol. The molecule has 12 heavy (non-hydrogen) atoms.